The number of thioether (sulfide) groups is 1. The molecule has 2 nitrogen and oxygen atoms in total. The highest BCUT2D eigenvalue weighted by Crippen LogP contribution is 2.50. The van der Waals surface area contributed by atoms with Crippen molar-refractivity contribution >= 4 is 11.8 Å². The van der Waals surface area contributed by atoms with Gasteiger partial charge in [0.2, 0.25) is 0 Å². The minimum atomic E-state index is -4.35. The van der Waals surface area contributed by atoms with Crippen LogP contribution in [0.1, 0.15) is 25.0 Å². The van der Waals surface area contributed by atoms with Crippen molar-refractivity contribution in [3.8, 4) is 5.75 Å². The van der Waals surface area contributed by atoms with Crippen LogP contribution in [0.15, 0.2) is 53.4 Å². The maximum Gasteiger partial charge on any atom is 0.416 e. The molecular formula is C19H19F3O2S. The number of halogens is 3. The summed E-state index contributed by atoms with van der Waals surface area (Å²) in [6, 6.07) is 12.8. The Morgan fingerprint density at radius 1 is 1.00 bits per heavy atom. The van der Waals surface area contributed by atoms with E-state index in [9.17, 15) is 13.2 Å². The Bertz CT molecular complexity index is 733. The SMILES string of the molecule is CSc1ccc(OC(C)(C)C2(c3ccc(C(F)(F)F)cc3)CO2)cc1. The van der Waals surface area contributed by atoms with Crippen LogP contribution in [0.3, 0.4) is 0 Å². The molecule has 1 aliphatic heterocycles. The van der Waals surface area contributed by atoms with Gasteiger partial charge in [-0.2, -0.15) is 13.2 Å². The number of hydrogen-bond acceptors (Lipinski definition) is 3. The van der Waals surface area contributed by atoms with Crippen LogP contribution in [0.2, 0.25) is 0 Å². The fourth-order valence-corrected chi connectivity index (χ4v) is 3.29. The molecular weight excluding hydrogens is 349 g/mol. The van der Waals surface area contributed by atoms with Crippen molar-refractivity contribution < 1.29 is 22.6 Å². The summed E-state index contributed by atoms with van der Waals surface area (Å²) in [5.41, 5.74) is -1.45. The fourth-order valence-electron chi connectivity index (χ4n) is 2.88. The van der Waals surface area contributed by atoms with Crippen molar-refractivity contribution in [2.45, 2.75) is 36.1 Å². The quantitative estimate of drug-likeness (QED) is 0.513. The summed E-state index contributed by atoms with van der Waals surface area (Å²) < 4.78 is 50.1. The maximum atomic E-state index is 12.8. The third-order valence-corrected chi connectivity index (χ3v) is 5.26. The van der Waals surface area contributed by atoms with Gasteiger partial charge in [0.25, 0.3) is 0 Å². The second kappa shape index (κ2) is 6.25. The largest absolute Gasteiger partial charge is 0.484 e. The van der Waals surface area contributed by atoms with E-state index in [1.54, 1.807) is 11.8 Å². The molecule has 0 amide bonds. The molecule has 3 rings (SSSR count). The van der Waals surface area contributed by atoms with Gasteiger partial charge in [0.05, 0.1) is 12.2 Å². The van der Waals surface area contributed by atoms with E-state index in [0.29, 0.717) is 17.9 Å². The van der Waals surface area contributed by atoms with E-state index in [1.165, 1.54) is 12.1 Å². The van der Waals surface area contributed by atoms with E-state index in [4.69, 9.17) is 9.47 Å². The number of epoxide rings is 1. The van der Waals surface area contributed by atoms with Gasteiger partial charge in [-0.1, -0.05) is 12.1 Å². The molecule has 0 bridgehead atoms. The van der Waals surface area contributed by atoms with E-state index < -0.39 is 22.9 Å². The summed E-state index contributed by atoms with van der Waals surface area (Å²) in [6.07, 6.45) is -2.35. The van der Waals surface area contributed by atoms with Crippen LogP contribution >= 0.6 is 11.8 Å². The summed E-state index contributed by atoms with van der Waals surface area (Å²) in [7, 11) is 0. The van der Waals surface area contributed by atoms with Gasteiger partial charge in [0.1, 0.15) is 11.4 Å². The smallest absolute Gasteiger partial charge is 0.416 e. The zero-order chi connectivity index (χ0) is 18.3. The first-order valence-electron chi connectivity index (χ1n) is 7.83. The van der Waals surface area contributed by atoms with Crippen LogP contribution in [0.4, 0.5) is 13.2 Å². The van der Waals surface area contributed by atoms with Crippen LogP contribution in [0, 0.1) is 0 Å². The van der Waals surface area contributed by atoms with E-state index in [-0.39, 0.29) is 0 Å². The lowest BCUT2D eigenvalue weighted by Gasteiger charge is -2.33. The van der Waals surface area contributed by atoms with Gasteiger partial charge in [-0.25, -0.2) is 0 Å². The molecule has 0 radical (unpaired) electrons. The number of rotatable bonds is 5. The molecule has 1 atom stereocenters. The molecule has 6 heteroatoms. The topological polar surface area (TPSA) is 21.8 Å². The Hall–Kier alpha value is -1.66. The Morgan fingerprint density at radius 3 is 2.00 bits per heavy atom. The highest BCUT2D eigenvalue weighted by molar-refractivity contribution is 7.98. The van der Waals surface area contributed by atoms with E-state index in [1.807, 2.05) is 44.4 Å². The molecule has 2 aromatic carbocycles. The lowest BCUT2D eigenvalue weighted by Crippen LogP contribution is -2.43. The molecule has 1 aliphatic rings. The Balaban J connectivity index is 1.82. The molecule has 1 fully saturated rings. The molecule has 1 saturated heterocycles. The molecule has 0 N–H and O–H groups in total. The molecule has 25 heavy (non-hydrogen) atoms. The lowest BCUT2D eigenvalue weighted by atomic mass is 9.84. The zero-order valence-corrected chi connectivity index (χ0v) is 15.0. The third-order valence-electron chi connectivity index (χ3n) is 4.52. The lowest BCUT2D eigenvalue weighted by molar-refractivity contribution is -0.137. The average Bonchev–Trinajstić information content (AvgIpc) is 3.37. The van der Waals surface area contributed by atoms with E-state index in [0.717, 1.165) is 17.0 Å². The Labute approximate surface area is 149 Å². The third kappa shape index (κ3) is 3.51. The van der Waals surface area contributed by atoms with Crippen LogP contribution in [-0.4, -0.2) is 18.5 Å². The van der Waals surface area contributed by atoms with Crippen LogP contribution in [0.5, 0.6) is 5.75 Å². The highest BCUT2D eigenvalue weighted by Gasteiger charge is 2.60. The number of alkyl halides is 3. The van der Waals surface area contributed by atoms with E-state index >= 15 is 0 Å². The van der Waals surface area contributed by atoms with Crippen LogP contribution < -0.4 is 4.74 Å². The van der Waals surface area contributed by atoms with Crippen molar-refractivity contribution in [3.63, 3.8) is 0 Å². The molecule has 0 saturated carbocycles. The molecule has 2 aromatic rings. The standard InChI is InChI=1S/C19H19F3O2S/c1-17(2,24-15-8-10-16(25-3)11-9-15)18(12-23-18)13-4-6-14(7-5-13)19(20,21)22/h4-11H,12H2,1-3H3. The van der Waals surface area contributed by atoms with Crippen LogP contribution in [-0.2, 0) is 16.5 Å². The summed E-state index contributed by atoms with van der Waals surface area (Å²) >= 11 is 1.64. The predicted molar refractivity (Wildman–Crippen MR) is 92.0 cm³/mol. The fraction of sp³-hybridized carbons (Fsp3) is 0.368. The first-order chi connectivity index (χ1) is 11.7. The van der Waals surface area contributed by atoms with Crippen molar-refractivity contribution in [2.24, 2.45) is 0 Å². The van der Waals surface area contributed by atoms with Crippen molar-refractivity contribution in [3.05, 3.63) is 59.7 Å². The summed E-state index contributed by atoms with van der Waals surface area (Å²) in [6.45, 7) is 4.19. The Kier molecular flexibility index (Phi) is 4.54. The van der Waals surface area contributed by atoms with Crippen molar-refractivity contribution in [1.29, 1.82) is 0 Å². The molecule has 0 aromatic heterocycles. The van der Waals surface area contributed by atoms with Gasteiger partial charge in [0, 0.05) is 4.90 Å². The van der Waals surface area contributed by atoms with E-state index in [2.05, 4.69) is 0 Å². The summed E-state index contributed by atoms with van der Waals surface area (Å²) in [5.74, 6) is 0.699. The molecule has 1 unspecified atom stereocenters. The van der Waals surface area contributed by atoms with Gasteiger partial charge in [-0.3, -0.25) is 0 Å². The van der Waals surface area contributed by atoms with Gasteiger partial charge >= 0.3 is 6.18 Å². The second-order valence-electron chi connectivity index (χ2n) is 6.48. The summed E-state index contributed by atoms with van der Waals surface area (Å²) in [5, 5.41) is 0. The summed E-state index contributed by atoms with van der Waals surface area (Å²) in [4.78, 5) is 1.13. The monoisotopic (exact) mass is 368 g/mol. The molecule has 134 valence electrons. The van der Waals surface area contributed by atoms with Crippen molar-refractivity contribution in [1.82, 2.24) is 0 Å². The molecule has 0 aliphatic carbocycles. The first-order valence-corrected chi connectivity index (χ1v) is 9.05. The number of benzene rings is 2. The van der Waals surface area contributed by atoms with Crippen LogP contribution in [0.25, 0.3) is 0 Å². The highest BCUT2D eigenvalue weighted by atomic mass is 32.2. The van der Waals surface area contributed by atoms with Gasteiger partial charge in [-0.05, 0) is 62.1 Å². The first kappa shape index (κ1) is 18.1. The van der Waals surface area contributed by atoms with Crippen molar-refractivity contribution in [2.75, 3.05) is 12.9 Å². The molecule has 1 heterocycles. The maximum absolute atomic E-state index is 12.8. The number of ether oxygens (including phenoxy) is 2. The average molecular weight is 368 g/mol. The van der Waals surface area contributed by atoms with Gasteiger partial charge in [-0.15, -0.1) is 11.8 Å². The zero-order valence-electron chi connectivity index (χ0n) is 14.2. The molecule has 0 spiro atoms. The van der Waals surface area contributed by atoms with Gasteiger partial charge in [0.15, 0.2) is 5.60 Å². The Morgan fingerprint density at radius 2 is 1.56 bits per heavy atom. The number of hydrogen-bond donors (Lipinski definition) is 0. The predicted octanol–water partition coefficient (Wildman–Crippen LogP) is 5.51. The second-order valence-corrected chi connectivity index (χ2v) is 7.36. The van der Waals surface area contributed by atoms with Gasteiger partial charge < -0.3 is 9.47 Å². The normalized spacial score (nSPS) is 20.4. The minimum Gasteiger partial charge on any atom is -0.484 e. The minimum absolute atomic E-state index is 0.411.